The van der Waals surface area contributed by atoms with E-state index in [-0.39, 0.29) is 29.0 Å². The molecule has 3 heterocycles. The number of hydrogen-bond donors (Lipinski definition) is 2. The molecule has 156 valence electrons. The second-order valence-corrected chi connectivity index (χ2v) is 8.04. The van der Waals surface area contributed by atoms with Crippen LogP contribution in [-0.2, 0) is 11.0 Å². The van der Waals surface area contributed by atoms with Crippen molar-refractivity contribution < 1.29 is 18.0 Å². The van der Waals surface area contributed by atoms with Gasteiger partial charge in [0.2, 0.25) is 5.91 Å². The van der Waals surface area contributed by atoms with Gasteiger partial charge in [-0.2, -0.15) is 13.2 Å². The molecular formula is C20H24F3N5O. The number of fused-ring (bicyclic) bond motifs is 1. The van der Waals surface area contributed by atoms with Gasteiger partial charge in [0, 0.05) is 50.5 Å². The first-order chi connectivity index (χ1) is 13.8. The zero-order valence-corrected chi connectivity index (χ0v) is 16.2. The second-order valence-electron chi connectivity index (χ2n) is 8.04. The zero-order valence-electron chi connectivity index (χ0n) is 16.2. The van der Waals surface area contributed by atoms with Crippen LogP contribution in [0.4, 0.5) is 18.9 Å². The normalized spacial score (nSPS) is 25.4. The lowest BCUT2D eigenvalue weighted by Gasteiger charge is -2.39. The maximum atomic E-state index is 13.4. The molecule has 2 saturated heterocycles. The van der Waals surface area contributed by atoms with Crippen molar-refractivity contribution in [2.45, 2.75) is 44.4 Å². The first-order valence-corrected chi connectivity index (χ1v) is 9.90. The van der Waals surface area contributed by atoms with Crippen LogP contribution in [0.15, 0.2) is 24.5 Å². The summed E-state index contributed by atoms with van der Waals surface area (Å²) in [6.07, 6.45) is 0.615. The Balaban J connectivity index is 1.55. The van der Waals surface area contributed by atoms with E-state index in [1.807, 2.05) is 0 Å². The topological polar surface area (TPSA) is 70.2 Å². The van der Waals surface area contributed by atoms with Crippen LogP contribution in [0.3, 0.4) is 0 Å². The van der Waals surface area contributed by atoms with Gasteiger partial charge in [-0.3, -0.25) is 14.8 Å². The number of halogens is 3. The average Bonchev–Trinajstić information content (AvgIpc) is 3.09. The van der Waals surface area contributed by atoms with Crippen LogP contribution in [0.5, 0.6) is 0 Å². The quantitative estimate of drug-likeness (QED) is 0.816. The molecule has 2 aromatic rings. The predicted octanol–water partition coefficient (Wildman–Crippen LogP) is 2.73. The fraction of sp³-hybridized carbons (Fsp3) is 0.550. The van der Waals surface area contributed by atoms with E-state index in [9.17, 15) is 18.0 Å². The molecule has 9 heteroatoms. The van der Waals surface area contributed by atoms with Gasteiger partial charge < -0.3 is 15.5 Å². The van der Waals surface area contributed by atoms with Crippen LogP contribution in [0.1, 0.15) is 31.7 Å². The molecule has 0 spiro atoms. The molecule has 1 aromatic heterocycles. The van der Waals surface area contributed by atoms with E-state index in [0.717, 1.165) is 25.5 Å². The Hall–Kier alpha value is -2.42. The summed E-state index contributed by atoms with van der Waals surface area (Å²) in [5, 5.41) is 6.48. The molecule has 2 fully saturated rings. The molecule has 2 aliphatic heterocycles. The molecule has 0 radical (unpaired) electrons. The van der Waals surface area contributed by atoms with Crippen molar-refractivity contribution >= 4 is 22.6 Å². The largest absolute Gasteiger partial charge is 0.418 e. The van der Waals surface area contributed by atoms with Gasteiger partial charge in [-0.15, -0.1) is 0 Å². The zero-order chi connectivity index (χ0) is 20.6. The number of piperidine rings is 1. The highest BCUT2D eigenvalue weighted by molar-refractivity contribution is 5.90. The summed E-state index contributed by atoms with van der Waals surface area (Å²) in [6.45, 7) is 4.25. The van der Waals surface area contributed by atoms with Crippen molar-refractivity contribution in [1.29, 1.82) is 0 Å². The minimum atomic E-state index is -4.47. The Labute approximate surface area is 166 Å². The van der Waals surface area contributed by atoms with Gasteiger partial charge in [-0.25, -0.2) is 0 Å². The molecule has 1 amide bonds. The van der Waals surface area contributed by atoms with Crippen LogP contribution in [-0.4, -0.2) is 47.6 Å². The first-order valence-electron chi connectivity index (χ1n) is 9.90. The third-order valence-electron chi connectivity index (χ3n) is 5.65. The highest BCUT2D eigenvalue weighted by Gasteiger charge is 2.35. The summed E-state index contributed by atoms with van der Waals surface area (Å²) in [7, 11) is 0. The Morgan fingerprint density at radius 2 is 1.97 bits per heavy atom. The summed E-state index contributed by atoms with van der Waals surface area (Å²) in [6, 6.07) is 2.94. The average molecular weight is 407 g/mol. The number of nitrogens with zero attached hydrogens (tertiary/aromatic N) is 3. The van der Waals surface area contributed by atoms with E-state index < -0.39 is 11.7 Å². The maximum Gasteiger partial charge on any atom is 0.418 e. The van der Waals surface area contributed by atoms with Gasteiger partial charge in [0.05, 0.1) is 11.3 Å². The maximum absolute atomic E-state index is 13.4. The van der Waals surface area contributed by atoms with Crippen LogP contribution >= 0.6 is 0 Å². The van der Waals surface area contributed by atoms with Crippen molar-refractivity contribution in [3.63, 3.8) is 0 Å². The third kappa shape index (κ3) is 4.29. The van der Waals surface area contributed by atoms with Crippen molar-refractivity contribution in [1.82, 2.24) is 20.6 Å². The molecule has 3 atom stereocenters. The van der Waals surface area contributed by atoms with Gasteiger partial charge in [0.25, 0.3) is 0 Å². The predicted molar refractivity (Wildman–Crippen MR) is 103 cm³/mol. The Morgan fingerprint density at radius 1 is 1.21 bits per heavy atom. The number of carbonyl (C=O) groups excluding carboxylic acids is 1. The molecule has 4 rings (SSSR count). The molecule has 2 N–H and O–H groups in total. The SMILES string of the molecule is C[C@H]1C[C@@H](NCC2CCC(=O)N2)CN(c2ccc(C(F)(F)F)c3nccnc23)C1. The highest BCUT2D eigenvalue weighted by Crippen LogP contribution is 2.37. The van der Waals surface area contributed by atoms with Crippen molar-refractivity contribution in [2.24, 2.45) is 5.92 Å². The molecule has 0 saturated carbocycles. The number of aromatic nitrogens is 2. The number of rotatable bonds is 4. The van der Waals surface area contributed by atoms with Crippen LogP contribution < -0.4 is 15.5 Å². The minimum absolute atomic E-state index is 0.0882. The van der Waals surface area contributed by atoms with E-state index in [1.54, 1.807) is 0 Å². The van der Waals surface area contributed by atoms with Gasteiger partial charge in [-0.1, -0.05) is 6.92 Å². The monoisotopic (exact) mass is 407 g/mol. The van der Waals surface area contributed by atoms with Crippen molar-refractivity contribution in [2.75, 3.05) is 24.5 Å². The molecule has 1 unspecified atom stereocenters. The second kappa shape index (κ2) is 7.78. The van der Waals surface area contributed by atoms with Crippen LogP contribution in [0.2, 0.25) is 0 Å². The third-order valence-corrected chi connectivity index (χ3v) is 5.65. The lowest BCUT2D eigenvalue weighted by Crippen LogP contribution is -2.51. The minimum Gasteiger partial charge on any atom is -0.368 e. The van der Waals surface area contributed by atoms with Gasteiger partial charge >= 0.3 is 6.18 Å². The lowest BCUT2D eigenvalue weighted by molar-refractivity contribution is -0.136. The van der Waals surface area contributed by atoms with Crippen LogP contribution in [0.25, 0.3) is 11.0 Å². The molecule has 29 heavy (non-hydrogen) atoms. The number of benzene rings is 1. The van der Waals surface area contributed by atoms with Crippen molar-refractivity contribution in [3.8, 4) is 0 Å². The number of anilines is 1. The Morgan fingerprint density at radius 3 is 2.66 bits per heavy atom. The van der Waals surface area contributed by atoms with E-state index in [2.05, 4.69) is 32.4 Å². The number of nitrogens with one attached hydrogen (secondary N) is 2. The molecule has 0 bridgehead atoms. The number of carbonyl (C=O) groups is 1. The van der Waals surface area contributed by atoms with E-state index >= 15 is 0 Å². The molecule has 0 aliphatic carbocycles. The Bertz CT molecular complexity index is 903. The summed E-state index contributed by atoms with van der Waals surface area (Å²) < 4.78 is 40.1. The van der Waals surface area contributed by atoms with Gasteiger partial charge in [-0.05, 0) is 30.9 Å². The Kier molecular flexibility index (Phi) is 5.33. The standard InChI is InChI=1S/C20H24F3N5O/c1-12-8-14(26-9-13-2-5-17(29)27-13)11-28(10-12)16-4-3-15(20(21,22)23)18-19(16)25-7-6-24-18/h3-4,6-7,12-14,26H,2,5,8-11H2,1H3,(H,27,29)/t12-,13?,14+/m0/s1. The molecule has 1 aromatic carbocycles. The molecular weight excluding hydrogens is 383 g/mol. The molecule has 6 nitrogen and oxygen atoms in total. The first kappa shape index (κ1) is 19.9. The summed E-state index contributed by atoms with van der Waals surface area (Å²) in [5.41, 5.74) is 0.0711. The summed E-state index contributed by atoms with van der Waals surface area (Å²) in [5.74, 6) is 0.457. The summed E-state index contributed by atoms with van der Waals surface area (Å²) in [4.78, 5) is 21.7. The van der Waals surface area contributed by atoms with Gasteiger partial charge in [0.1, 0.15) is 11.0 Å². The van der Waals surface area contributed by atoms with Crippen LogP contribution in [0, 0.1) is 5.92 Å². The highest BCUT2D eigenvalue weighted by atomic mass is 19.4. The van der Waals surface area contributed by atoms with E-state index in [1.165, 1.54) is 18.5 Å². The lowest BCUT2D eigenvalue weighted by atomic mass is 9.94. The van der Waals surface area contributed by atoms with E-state index in [4.69, 9.17) is 0 Å². The van der Waals surface area contributed by atoms with E-state index in [0.29, 0.717) is 31.1 Å². The fourth-order valence-corrected chi connectivity index (χ4v) is 4.36. The van der Waals surface area contributed by atoms with Crippen molar-refractivity contribution in [3.05, 3.63) is 30.1 Å². The number of hydrogen-bond acceptors (Lipinski definition) is 5. The number of amides is 1. The van der Waals surface area contributed by atoms with Gasteiger partial charge in [0.15, 0.2) is 0 Å². The fourth-order valence-electron chi connectivity index (χ4n) is 4.36. The molecule has 2 aliphatic rings. The summed E-state index contributed by atoms with van der Waals surface area (Å²) >= 11 is 0. The number of alkyl halides is 3. The smallest absolute Gasteiger partial charge is 0.368 e.